The molecule has 0 amide bonds. The molecule has 2 aromatic carbocycles. The third-order valence-electron chi connectivity index (χ3n) is 6.01. The fraction of sp³-hybridized carbons (Fsp3) is 0.455. The molecule has 5 nitrogen and oxygen atoms in total. The van der Waals surface area contributed by atoms with Crippen molar-refractivity contribution < 1.29 is 21.9 Å². The highest BCUT2D eigenvalue weighted by molar-refractivity contribution is 7.89. The number of likely N-dealkylation sites (tertiary alicyclic amines) is 1. The summed E-state index contributed by atoms with van der Waals surface area (Å²) in [5.74, 6) is 0.545. The Labute approximate surface area is 176 Å². The van der Waals surface area contributed by atoms with Crippen LogP contribution in [0.3, 0.4) is 0 Å². The van der Waals surface area contributed by atoms with Crippen molar-refractivity contribution in [1.29, 1.82) is 0 Å². The zero-order chi connectivity index (χ0) is 21.1. The van der Waals surface area contributed by atoms with E-state index in [9.17, 15) is 17.2 Å². The standard InChI is InChI=1S/C22H26F2N2O3S/c23-22(24)29-21-9-5-4-8-19(21)14-25-15-20(16-25)30(27,28)26-12-10-18(11-13-26)17-6-2-1-3-7-17/h1-9,18,20,22H,10-16H2. The van der Waals surface area contributed by atoms with E-state index in [4.69, 9.17) is 0 Å². The lowest BCUT2D eigenvalue weighted by atomic mass is 9.90. The van der Waals surface area contributed by atoms with Gasteiger partial charge in [-0.3, -0.25) is 4.90 Å². The Morgan fingerprint density at radius 2 is 1.60 bits per heavy atom. The molecule has 0 spiro atoms. The largest absolute Gasteiger partial charge is 0.434 e. The van der Waals surface area contributed by atoms with Gasteiger partial charge in [0, 0.05) is 38.3 Å². The first-order valence-electron chi connectivity index (χ1n) is 10.2. The number of piperidine rings is 1. The monoisotopic (exact) mass is 436 g/mol. The van der Waals surface area contributed by atoms with Gasteiger partial charge in [0.1, 0.15) is 11.0 Å². The van der Waals surface area contributed by atoms with Crippen LogP contribution in [-0.2, 0) is 16.6 Å². The highest BCUT2D eigenvalue weighted by Gasteiger charge is 2.42. The second-order valence-electron chi connectivity index (χ2n) is 7.93. The minimum Gasteiger partial charge on any atom is -0.434 e. The first kappa shape index (κ1) is 21.2. The average molecular weight is 437 g/mol. The number of sulfonamides is 1. The lowest BCUT2D eigenvalue weighted by Gasteiger charge is -2.42. The van der Waals surface area contributed by atoms with E-state index in [1.165, 1.54) is 11.6 Å². The highest BCUT2D eigenvalue weighted by Crippen LogP contribution is 2.32. The minimum atomic E-state index is -3.34. The molecule has 0 bridgehead atoms. The summed E-state index contributed by atoms with van der Waals surface area (Å²) < 4.78 is 57.3. The summed E-state index contributed by atoms with van der Waals surface area (Å²) in [6.07, 6.45) is 1.66. The van der Waals surface area contributed by atoms with Crippen molar-refractivity contribution in [2.24, 2.45) is 0 Å². The van der Waals surface area contributed by atoms with Crippen LogP contribution in [-0.4, -0.2) is 55.7 Å². The number of hydrogen-bond acceptors (Lipinski definition) is 4. The lowest BCUT2D eigenvalue weighted by Crippen LogP contribution is -2.58. The molecule has 4 rings (SSSR count). The molecule has 8 heteroatoms. The molecule has 2 aliphatic rings. The molecular weight excluding hydrogens is 410 g/mol. The van der Waals surface area contributed by atoms with Crippen LogP contribution in [0.4, 0.5) is 8.78 Å². The van der Waals surface area contributed by atoms with Gasteiger partial charge >= 0.3 is 6.61 Å². The molecule has 2 aliphatic heterocycles. The molecule has 2 aromatic rings. The maximum absolute atomic E-state index is 13.0. The molecule has 30 heavy (non-hydrogen) atoms. The second kappa shape index (κ2) is 8.99. The van der Waals surface area contributed by atoms with Crippen LogP contribution in [0.2, 0.25) is 0 Å². The van der Waals surface area contributed by atoms with Crippen LogP contribution in [0.5, 0.6) is 5.75 Å². The zero-order valence-electron chi connectivity index (χ0n) is 16.7. The highest BCUT2D eigenvalue weighted by atomic mass is 32.2. The van der Waals surface area contributed by atoms with Gasteiger partial charge in [-0.15, -0.1) is 0 Å². The Bertz CT molecular complexity index is 942. The maximum Gasteiger partial charge on any atom is 0.387 e. The Morgan fingerprint density at radius 1 is 0.967 bits per heavy atom. The molecule has 2 heterocycles. The topological polar surface area (TPSA) is 49.9 Å². The Kier molecular flexibility index (Phi) is 6.36. The first-order valence-corrected chi connectivity index (χ1v) is 11.7. The van der Waals surface area contributed by atoms with E-state index in [1.54, 1.807) is 22.5 Å². The van der Waals surface area contributed by atoms with Gasteiger partial charge in [-0.05, 0) is 30.4 Å². The van der Waals surface area contributed by atoms with Crippen molar-refractivity contribution >= 4 is 10.0 Å². The van der Waals surface area contributed by atoms with E-state index < -0.39 is 21.9 Å². The van der Waals surface area contributed by atoms with E-state index in [0.29, 0.717) is 44.2 Å². The van der Waals surface area contributed by atoms with Crippen molar-refractivity contribution in [2.75, 3.05) is 26.2 Å². The third kappa shape index (κ3) is 4.66. The maximum atomic E-state index is 13.0. The number of nitrogens with zero attached hydrogens (tertiary/aromatic N) is 2. The van der Waals surface area contributed by atoms with Gasteiger partial charge in [0.15, 0.2) is 0 Å². The van der Waals surface area contributed by atoms with Crippen molar-refractivity contribution in [3.63, 3.8) is 0 Å². The Balaban J connectivity index is 1.30. The first-order chi connectivity index (χ1) is 14.4. The molecule has 162 valence electrons. The second-order valence-corrected chi connectivity index (χ2v) is 10.1. The smallest absolute Gasteiger partial charge is 0.387 e. The summed E-state index contributed by atoms with van der Waals surface area (Å²) in [4.78, 5) is 1.95. The van der Waals surface area contributed by atoms with Gasteiger partial charge in [-0.2, -0.15) is 8.78 Å². The molecule has 0 radical (unpaired) electrons. The fourth-order valence-corrected chi connectivity index (χ4v) is 6.25. The lowest BCUT2D eigenvalue weighted by molar-refractivity contribution is -0.0509. The van der Waals surface area contributed by atoms with Crippen LogP contribution in [0.1, 0.15) is 29.9 Å². The molecule has 0 unspecified atom stereocenters. The van der Waals surface area contributed by atoms with Gasteiger partial charge in [0.2, 0.25) is 10.0 Å². The van der Waals surface area contributed by atoms with E-state index in [-0.39, 0.29) is 5.75 Å². The number of rotatable bonds is 7. The van der Waals surface area contributed by atoms with Crippen LogP contribution in [0, 0.1) is 0 Å². The average Bonchev–Trinajstić information content (AvgIpc) is 2.71. The minimum absolute atomic E-state index is 0.141. The summed E-state index contributed by atoms with van der Waals surface area (Å²) in [6.45, 7) is -0.583. The van der Waals surface area contributed by atoms with E-state index in [1.807, 2.05) is 23.1 Å². The number of alkyl halides is 2. The van der Waals surface area contributed by atoms with Gasteiger partial charge < -0.3 is 4.74 Å². The Morgan fingerprint density at radius 3 is 2.27 bits per heavy atom. The normalized spacial score (nSPS) is 19.7. The molecule has 2 saturated heterocycles. The predicted octanol–water partition coefficient (Wildman–Crippen LogP) is 3.68. The molecule has 0 saturated carbocycles. The third-order valence-corrected chi connectivity index (χ3v) is 8.24. The summed E-state index contributed by atoms with van der Waals surface area (Å²) >= 11 is 0. The summed E-state index contributed by atoms with van der Waals surface area (Å²) in [6, 6.07) is 16.9. The molecular formula is C22H26F2N2O3S. The number of halogens is 2. The van der Waals surface area contributed by atoms with Gasteiger partial charge in [0.25, 0.3) is 0 Å². The van der Waals surface area contributed by atoms with E-state index in [2.05, 4.69) is 16.9 Å². The van der Waals surface area contributed by atoms with E-state index in [0.717, 1.165) is 12.8 Å². The van der Waals surface area contributed by atoms with Crippen molar-refractivity contribution in [3.8, 4) is 5.75 Å². The molecule has 0 aromatic heterocycles. The SMILES string of the molecule is O=S(=O)(C1CN(Cc2ccccc2OC(F)F)C1)N1CCC(c2ccccc2)CC1. The van der Waals surface area contributed by atoms with Crippen molar-refractivity contribution in [3.05, 3.63) is 65.7 Å². The summed E-state index contributed by atoms with van der Waals surface area (Å²) in [7, 11) is -3.34. The number of benzene rings is 2. The summed E-state index contributed by atoms with van der Waals surface area (Å²) in [5.41, 5.74) is 1.91. The molecule has 0 aliphatic carbocycles. The molecule has 2 fully saturated rings. The zero-order valence-corrected chi connectivity index (χ0v) is 17.5. The Hall–Kier alpha value is -2.03. The van der Waals surface area contributed by atoms with Gasteiger partial charge in [-0.1, -0.05) is 48.5 Å². The van der Waals surface area contributed by atoms with Crippen LogP contribution < -0.4 is 4.74 Å². The van der Waals surface area contributed by atoms with Crippen LogP contribution in [0.25, 0.3) is 0 Å². The van der Waals surface area contributed by atoms with Crippen molar-refractivity contribution in [2.45, 2.75) is 37.2 Å². The number of ether oxygens (including phenoxy) is 1. The van der Waals surface area contributed by atoms with Gasteiger partial charge in [0.05, 0.1) is 0 Å². The summed E-state index contributed by atoms with van der Waals surface area (Å²) in [5, 5.41) is -0.436. The molecule has 0 atom stereocenters. The van der Waals surface area contributed by atoms with Crippen LogP contribution >= 0.6 is 0 Å². The van der Waals surface area contributed by atoms with E-state index >= 15 is 0 Å². The van der Waals surface area contributed by atoms with Crippen LogP contribution in [0.15, 0.2) is 54.6 Å². The van der Waals surface area contributed by atoms with Gasteiger partial charge in [-0.25, -0.2) is 12.7 Å². The number of para-hydroxylation sites is 1. The predicted molar refractivity (Wildman–Crippen MR) is 111 cm³/mol. The molecule has 0 N–H and O–H groups in total. The number of hydrogen-bond donors (Lipinski definition) is 0. The van der Waals surface area contributed by atoms with Crippen molar-refractivity contribution in [1.82, 2.24) is 9.21 Å². The quantitative estimate of drug-likeness (QED) is 0.665. The fourth-order valence-electron chi connectivity index (χ4n) is 4.31.